The number of carbonyl (C=O) groups is 2. The van der Waals surface area contributed by atoms with E-state index in [0.29, 0.717) is 5.69 Å². The van der Waals surface area contributed by atoms with Gasteiger partial charge in [-0.1, -0.05) is 18.2 Å². The molecule has 0 bridgehead atoms. The van der Waals surface area contributed by atoms with Crippen molar-refractivity contribution in [3.8, 4) is 0 Å². The number of nitrogens with one attached hydrogen (secondary N) is 3. The van der Waals surface area contributed by atoms with Crippen LogP contribution in [0, 0.1) is 0 Å². The minimum absolute atomic E-state index is 0.107. The average Bonchev–Trinajstić information content (AvgIpc) is 2.89. The van der Waals surface area contributed by atoms with Crippen LogP contribution in [0.1, 0.15) is 27.9 Å². The number of aromatic nitrogens is 2. The number of carbonyl (C=O) groups excluding carboxylic acids is 2. The molecule has 6 heteroatoms. The molecule has 0 radical (unpaired) electrons. The maximum Gasteiger partial charge on any atom is 0.383 e. The van der Waals surface area contributed by atoms with Gasteiger partial charge in [0.25, 0.3) is 11.6 Å². The summed E-state index contributed by atoms with van der Waals surface area (Å²) in [6, 6.07) is 8.98. The standard InChI is InChI=1S/C13H13N3O3/c1-2-19-13(18)11-10(14-8-15-11)12(17)16-9-6-4-3-5-7-9/h3-8H,2H2,1H3,(H,14,15)(H,16,17)/p+1. The lowest BCUT2D eigenvalue weighted by atomic mass is 10.2. The molecular weight excluding hydrogens is 246 g/mol. The molecule has 0 spiro atoms. The molecule has 3 N–H and O–H groups in total. The predicted octanol–water partition coefficient (Wildman–Crippen LogP) is 1.26. The van der Waals surface area contributed by atoms with Gasteiger partial charge in [-0.3, -0.25) is 4.79 Å². The summed E-state index contributed by atoms with van der Waals surface area (Å²) in [4.78, 5) is 29.0. The van der Waals surface area contributed by atoms with Crippen molar-refractivity contribution in [1.82, 2.24) is 4.98 Å². The van der Waals surface area contributed by atoms with Crippen LogP contribution in [0.4, 0.5) is 5.69 Å². The summed E-state index contributed by atoms with van der Waals surface area (Å²) in [5.41, 5.74) is 0.898. The summed E-state index contributed by atoms with van der Waals surface area (Å²) in [6.45, 7) is 1.95. The molecule has 0 saturated heterocycles. The number of esters is 1. The highest BCUT2D eigenvalue weighted by molar-refractivity contribution is 6.07. The first-order valence-corrected chi connectivity index (χ1v) is 5.85. The first-order chi connectivity index (χ1) is 9.22. The van der Waals surface area contributed by atoms with E-state index in [1.807, 2.05) is 18.2 Å². The van der Waals surface area contributed by atoms with Gasteiger partial charge in [0.1, 0.15) is 0 Å². The molecule has 2 rings (SSSR count). The van der Waals surface area contributed by atoms with Gasteiger partial charge in [0.15, 0.2) is 0 Å². The Morgan fingerprint density at radius 2 is 2.05 bits per heavy atom. The molecule has 98 valence electrons. The second-order valence-electron chi connectivity index (χ2n) is 3.72. The Balaban J connectivity index is 2.16. The van der Waals surface area contributed by atoms with E-state index in [-0.39, 0.29) is 18.0 Å². The van der Waals surface area contributed by atoms with E-state index in [1.54, 1.807) is 19.1 Å². The van der Waals surface area contributed by atoms with Crippen molar-refractivity contribution in [1.29, 1.82) is 0 Å². The highest BCUT2D eigenvalue weighted by atomic mass is 16.5. The van der Waals surface area contributed by atoms with Crippen LogP contribution in [0.3, 0.4) is 0 Å². The molecule has 0 aliphatic rings. The quantitative estimate of drug-likeness (QED) is 0.811. The average molecular weight is 260 g/mol. The molecule has 19 heavy (non-hydrogen) atoms. The third-order valence-corrected chi connectivity index (χ3v) is 2.42. The van der Waals surface area contributed by atoms with Gasteiger partial charge in [0.05, 0.1) is 6.61 Å². The van der Waals surface area contributed by atoms with Gasteiger partial charge in [-0.2, -0.15) is 0 Å². The Kier molecular flexibility index (Phi) is 3.92. The zero-order valence-corrected chi connectivity index (χ0v) is 10.4. The van der Waals surface area contributed by atoms with E-state index in [1.165, 1.54) is 6.33 Å². The molecule has 1 amide bonds. The summed E-state index contributed by atoms with van der Waals surface area (Å²) in [7, 11) is 0. The number of hydrogen-bond donors (Lipinski definition) is 2. The number of benzene rings is 1. The predicted molar refractivity (Wildman–Crippen MR) is 67.7 cm³/mol. The van der Waals surface area contributed by atoms with E-state index in [4.69, 9.17) is 4.74 Å². The van der Waals surface area contributed by atoms with Crippen molar-refractivity contribution >= 4 is 17.6 Å². The molecule has 2 aromatic rings. The van der Waals surface area contributed by atoms with Gasteiger partial charge in [-0.15, -0.1) is 0 Å². The summed E-state index contributed by atoms with van der Waals surface area (Å²) < 4.78 is 4.86. The molecule has 0 fully saturated rings. The second-order valence-corrected chi connectivity index (χ2v) is 3.72. The number of rotatable bonds is 4. The molecule has 0 aliphatic heterocycles. The molecule has 1 aromatic carbocycles. The minimum atomic E-state index is -0.568. The van der Waals surface area contributed by atoms with Crippen LogP contribution in [0.2, 0.25) is 0 Å². The van der Waals surface area contributed by atoms with Gasteiger partial charge >= 0.3 is 5.97 Å². The van der Waals surface area contributed by atoms with Crippen molar-refractivity contribution in [3.63, 3.8) is 0 Å². The largest absolute Gasteiger partial charge is 0.460 e. The number of ether oxygens (including phenoxy) is 1. The van der Waals surface area contributed by atoms with Crippen LogP contribution in [0.5, 0.6) is 0 Å². The van der Waals surface area contributed by atoms with Crippen molar-refractivity contribution in [2.45, 2.75) is 6.92 Å². The highest BCUT2D eigenvalue weighted by Crippen LogP contribution is 2.08. The van der Waals surface area contributed by atoms with E-state index in [9.17, 15) is 9.59 Å². The highest BCUT2D eigenvalue weighted by Gasteiger charge is 2.26. The molecule has 1 heterocycles. The normalized spacial score (nSPS) is 9.95. The Morgan fingerprint density at radius 1 is 1.32 bits per heavy atom. The summed E-state index contributed by atoms with van der Waals surface area (Å²) in [5, 5.41) is 2.68. The molecule has 0 atom stereocenters. The number of imidazole rings is 1. The van der Waals surface area contributed by atoms with Gasteiger partial charge in [-0.05, 0) is 19.1 Å². The minimum Gasteiger partial charge on any atom is -0.460 e. The van der Waals surface area contributed by atoms with Gasteiger partial charge in [0, 0.05) is 5.69 Å². The summed E-state index contributed by atoms with van der Waals surface area (Å²) in [5.74, 6) is -0.975. The number of H-pyrrole nitrogens is 2. The molecule has 0 saturated carbocycles. The molecule has 1 aromatic heterocycles. The van der Waals surface area contributed by atoms with Crippen LogP contribution in [0.15, 0.2) is 36.7 Å². The lowest BCUT2D eigenvalue weighted by Crippen LogP contribution is -2.23. The first kappa shape index (κ1) is 12.8. The van der Waals surface area contributed by atoms with E-state index < -0.39 is 11.9 Å². The van der Waals surface area contributed by atoms with Crippen LogP contribution in [0.25, 0.3) is 0 Å². The van der Waals surface area contributed by atoms with Crippen LogP contribution < -0.4 is 10.3 Å². The van der Waals surface area contributed by atoms with Gasteiger partial charge in [0.2, 0.25) is 12.0 Å². The maximum absolute atomic E-state index is 12.0. The SMILES string of the molecule is CCOC(=O)c1[nH]c[nH+]c1C(=O)Nc1ccccc1. The molecular formula is C13H14N3O3+. The third-order valence-electron chi connectivity index (χ3n) is 2.42. The van der Waals surface area contributed by atoms with Gasteiger partial charge in [-0.25, -0.2) is 14.8 Å². The smallest absolute Gasteiger partial charge is 0.383 e. The second kappa shape index (κ2) is 5.81. The lowest BCUT2D eigenvalue weighted by molar-refractivity contribution is -0.379. The van der Waals surface area contributed by atoms with Crippen LogP contribution >= 0.6 is 0 Å². The summed E-state index contributed by atoms with van der Waals surface area (Å²) >= 11 is 0. The fourth-order valence-electron chi connectivity index (χ4n) is 1.58. The zero-order chi connectivity index (χ0) is 13.7. The fraction of sp³-hybridized carbons (Fsp3) is 0.154. The summed E-state index contributed by atoms with van der Waals surface area (Å²) in [6.07, 6.45) is 1.41. The Bertz CT molecular complexity index is 578. The van der Waals surface area contributed by atoms with Crippen LogP contribution in [-0.4, -0.2) is 23.5 Å². The van der Waals surface area contributed by atoms with E-state index >= 15 is 0 Å². The third kappa shape index (κ3) is 2.98. The zero-order valence-electron chi connectivity index (χ0n) is 10.4. The first-order valence-electron chi connectivity index (χ1n) is 5.85. The number of hydrogen-bond acceptors (Lipinski definition) is 3. The topological polar surface area (TPSA) is 85.3 Å². The fourth-order valence-corrected chi connectivity index (χ4v) is 1.58. The number of anilines is 1. The Morgan fingerprint density at radius 3 is 2.74 bits per heavy atom. The molecule has 0 unspecified atom stereocenters. The Hall–Kier alpha value is -2.63. The van der Waals surface area contributed by atoms with Crippen molar-refractivity contribution in [2.24, 2.45) is 0 Å². The number of para-hydroxylation sites is 1. The number of amides is 1. The lowest BCUT2D eigenvalue weighted by Gasteiger charge is -2.02. The van der Waals surface area contributed by atoms with Crippen molar-refractivity contribution in [2.75, 3.05) is 11.9 Å². The van der Waals surface area contributed by atoms with Crippen molar-refractivity contribution in [3.05, 3.63) is 48.0 Å². The van der Waals surface area contributed by atoms with E-state index in [0.717, 1.165) is 0 Å². The maximum atomic E-state index is 12.0. The van der Waals surface area contributed by atoms with Crippen LogP contribution in [-0.2, 0) is 4.74 Å². The van der Waals surface area contributed by atoms with Gasteiger partial charge < -0.3 is 10.1 Å². The number of aromatic amines is 2. The Labute approximate surface area is 109 Å². The van der Waals surface area contributed by atoms with Crippen molar-refractivity contribution < 1.29 is 19.3 Å². The molecule has 0 aliphatic carbocycles. The monoisotopic (exact) mass is 260 g/mol. The molecule has 6 nitrogen and oxygen atoms in total. The van der Waals surface area contributed by atoms with E-state index in [2.05, 4.69) is 15.3 Å².